The Hall–Kier alpha value is -2.05. The Morgan fingerprint density at radius 1 is 1.22 bits per heavy atom. The van der Waals surface area contributed by atoms with Gasteiger partial charge in [-0.3, -0.25) is 9.69 Å². The normalized spacial score (nSPS) is 16.0. The lowest BCUT2D eigenvalue weighted by Crippen LogP contribution is -2.33. The standard InChI is InChI=1S/C21H27NO4S/c1-25-19-15-16(14-17(21(23)24)20-6-5-13-27-20)7-8-18(19)26-12-11-22-9-3-2-4-10-22/h5-8,13,15,17H,2-4,9-12,14H2,1H3,(H,23,24). The first-order chi connectivity index (χ1) is 13.2. The number of carboxylic acid groups (broad SMARTS) is 1. The maximum atomic E-state index is 11.7. The van der Waals surface area contributed by atoms with Gasteiger partial charge in [0.25, 0.3) is 0 Å². The maximum Gasteiger partial charge on any atom is 0.312 e. The molecule has 3 rings (SSSR count). The molecule has 1 unspecified atom stereocenters. The van der Waals surface area contributed by atoms with Gasteiger partial charge in [-0.05, 0) is 61.5 Å². The second-order valence-corrected chi connectivity index (χ2v) is 7.83. The van der Waals surface area contributed by atoms with Gasteiger partial charge in [0.05, 0.1) is 13.0 Å². The molecule has 1 atom stereocenters. The molecule has 0 saturated carbocycles. The van der Waals surface area contributed by atoms with E-state index in [1.165, 1.54) is 30.6 Å². The largest absolute Gasteiger partial charge is 0.493 e. The fourth-order valence-electron chi connectivity index (χ4n) is 3.46. The van der Waals surface area contributed by atoms with Crippen molar-refractivity contribution in [2.75, 3.05) is 33.4 Å². The van der Waals surface area contributed by atoms with E-state index in [0.29, 0.717) is 24.5 Å². The number of carboxylic acids is 1. The van der Waals surface area contributed by atoms with E-state index < -0.39 is 11.9 Å². The Morgan fingerprint density at radius 2 is 2.04 bits per heavy atom. The van der Waals surface area contributed by atoms with Crippen LogP contribution in [0.1, 0.15) is 35.6 Å². The fourth-order valence-corrected chi connectivity index (χ4v) is 4.28. The Labute approximate surface area is 164 Å². The molecular weight excluding hydrogens is 362 g/mol. The van der Waals surface area contributed by atoms with Crippen LogP contribution >= 0.6 is 11.3 Å². The summed E-state index contributed by atoms with van der Waals surface area (Å²) in [6.07, 6.45) is 4.30. The number of carbonyl (C=O) groups is 1. The van der Waals surface area contributed by atoms with Crippen LogP contribution in [0.5, 0.6) is 11.5 Å². The Kier molecular flexibility index (Phi) is 7.12. The molecule has 1 aromatic heterocycles. The number of aliphatic carboxylic acids is 1. The average molecular weight is 390 g/mol. The number of likely N-dealkylation sites (tertiary alicyclic amines) is 1. The number of methoxy groups -OCH3 is 1. The van der Waals surface area contributed by atoms with Crippen LogP contribution in [-0.4, -0.2) is 49.3 Å². The molecule has 27 heavy (non-hydrogen) atoms. The fraction of sp³-hybridized carbons (Fsp3) is 0.476. The lowest BCUT2D eigenvalue weighted by molar-refractivity contribution is -0.138. The molecule has 0 aliphatic carbocycles. The Morgan fingerprint density at radius 3 is 2.70 bits per heavy atom. The van der Waals surface area contributed by atoms with Crippen LogP contribution < -0.4 is 9.47 Å². The monoisotopic (exact) mass is 389 g/mol. The van der Waals surface area contributed by atoms with Crippen LogP contribution in [0.25, 0.3) is 0 Å². The van der Waals surface area contributed by atoms with Crippen molar-refractivity contribution in [3.05, 3.63) is 46.2 Å². The molecule has 0 radical (unpaired) electrons. The average Bonchev–Trinajstić information content (AvgIpc) is 3.21. The van der Waals surface area contributed by atoms with Crippen molar-refractivity contribution in [2.45, 2.75) is 31.6 Å². The molecule has 1 aliphatic heterocycles. The second kappa shape index (κ2) is 9.76. The molecule has 2 heterocycles. The summed E-state index contributed by atoms with van der Waals surface area (Å²) in [4.78, 5) is 15.0. The van der Waals surface area contributed by atoms with E-state index >= 15 is 0 Å². The minimum absolute atomic E-state index is 0.431. The number of hydrogen-bond donors (Lipinski definition) is 1. The first kappa shape index (κ1) is 19.7. The van der Waals surface area contributed by atoms with E-state index in [1.807, 2.05) is 35.7 Å². The smallest absolute Gasteiger partial charge is 0.312 e. The first-order valence-corrected chi connectivity index (χ1v) is 10.3. The van der Waals surface area contributed by atoms with Gasteiger partial charge in [-0.15, -0.1) is 11.3 Å². The van der Waals surface area contributed by atoms with Crippen molar-refractivity contribution in [1.82, 2.24) is 4.90 Å². The third-order valence-corrected chi connectivity index (χ3v) is 5.95. The van der Waals surface area contributed by atoms with Gasteiger partial charge in [0.1, 0.15) is 6.61 Å². The number of rotatable bonds is 9. The summed E-state index contributed by atoms with van der Waals surface area (Å²) in [5, 5.41) is 11.5. The summed E-state index contributed by atoms with van der Waals surface area (Å²) in [5.74, 6) is 0.0153. The molecule has 1 N–H and O–H groups in total. The third kappa shape index (κ3) is 5.47. The van der Waals surface area contributed by atoms with Crippen molar-refractivity contribution in [3.63, 3.8) is 0 Å². The minimum Gasteiger partial charge on any atom is -0.493 e. The number of piperidine rings is 1. The highest BCUT2D eigenvalue weighted by atomic mass is 32.1. The van der Waals surface area contributed by atoms with Gasteiger partial charge < -0.3 is 14.6 Å². The quantitative estimate of drug-likeness (QED) is 0.702. The van der Waals surface area contributed by atoms with Crippen LogP contribution in [0.3, 0.4) is 0 Å². The van der Waals surface area contributed by atoms with Gasteiger partial charge in [-0.1, -0.05) is 18.6 Å². The zero-order valence-corrected chi connectivity index (χ0v) is 16.5. The third-order valence-electron chi connectivity index (χ3n) is 4.97. The zero-order valence-electron chi connectivity index (χ0n) is 15.7. The topological polar surface area (TPSA) is 59.0 Å². The zero-order chi connectivity index (χ0) is 19.1. The summed E-state index contributed by atoms with van der Waals surface area (Å²) >= 11 is 1.47. The molecule has 1 saturated heterocycles. The van der Waals surface area contributed by atoms with Crippen LogP contribution in [0.15, 0.2) is 35.7 Å². The van der Waals surface area contributed by atoms with Gasteiger partial charge in [0, 0.05) is 11.4 Å². The maximum absolute atomic E-state index is 11.7. The predicted octanol–water partition coefficient (Wildman–Crippen LogP) is 4.03. The van der Waals surface area contributed by atoms with E-state index in [9.17, 15) is 9.90 Å². The van der Waals surface area contributed by atoms with Crippen molar-refractivity contribution in [2.24, 2.45) is 0 Å². The van der Waals surface area contributed by atoms with Crippen molar-refractivity contribution < 1.29 is 19.4 Å². The number of thiophene rings is 1. The summed E-state index contributed by atoms with van der Waals surface area (Å²) in [5.41, 5.74) is 0.927. The van der Waals surface area contributed by atoms with Crippen LogP contribution in [0.4, 0.5) is 0 Å². The van der Waals surface area contributed by atoms with Gasteiger partial charge >= 0.3 is 5.97 Å². The molecule has 6 heteroatoms. The number of ether oxygens (including phenoxy) is 2. The van der Waals surface area contributed by atoms with E-state index in [0.717, 1.165) is 30.1 Å². The highest BCUT2D eigenvalue weighted by Gasteiger charge is 2.22. The molecule has 0 amide bonds. The lowest BCUT2D eigenvalue weighted by atomic mass is 9.97. The lowest BCUT2D eigenvalue weighted by Gasteiger charge is -2.26. The summed E-state index contributed by atoms with van der Waals surface area (Å²) in [6.45, 7) is 3.85. The molecule has 1 fully saturated rings. The summed E-state index contributed by atoms with van der Waals surface area (Å²) < 4.78 is 11.4. The van der Waals surface area contributed by atoms with E-state index in [1.54, 1.807) is 7.11 Å². The molecule has 1 aliphatic rings. The van der Waals surface area contributed by atoms with Gasteiger partial charge in [0.2, 0.25) is 0 Å². The Bertz CT molecular complexity index is 726. The van der Waals surface area contributed by atoms with E-state index in [4.69, 9.17) is 9.47 Å². The number of benzene rings is 1. The molecular formula is C21H27NO4S. The van der Waals surface area contributed by atoms with E-state index in [-0.39, 0.29) is 0 Å². The summed E-state index contributed by atoms with van der Waals surface area (Å²) in [7, 11) is 1.62. The van der Waals surface area contributed by atoms with Crippen LogP contribution in [0, 0.1) is 0 Å². The van der Waals surface area contributed by atoms with Crippen molar-refractivity contribution in [3.8, 4) is 11.5 Å². The molecule has 1 aromatic carbocycles. The van der Waals surface area contributed by atoms with Gasteiger partial charge in [-0.2, -0.15) is 0 Å². The SMILES string of the molecule is COc1cc(CC(C(=O)O)c2cccs2)ccc1OCCN1CCCCC1. The molecule has 0 bridgehead atoms. The van der Waals surface area contributed by atoms with Gasteiger partial charge in [0.15, 0.2) is 11.5 Å². The van der Waals surface area contributed by atoms with Crippen LogP contribution in [-0.2, 0) is 11.2 Å². The second-order valence-electron chi connectivity index (χ2n) is 6.85. The highest BCUT2D eigenvalue weighted by Crippen LogP contribution is 2.31. The summed E-state index contributed by atoms with van der Waals surface area (Å²) in [6, 6.07) is 9.47. The molecule has 2 aromatic rings. The minimum atomic E-state index is -0.807. The number of hydrogen-bond acceptors (Lipinski definition) is 5. The van der Waals surface area contributed by atoms with E-state index in [2.05, 4.69) is 4.90 Å². The van der Waals surface area contributed by atoms with Crippen molar-refractivity contribution in [1.29, 1.82) is 0 Å². The Balaban J connectivity index is 1.62. The van der Waals surface area contributed by atoms with Crippen molar-refractivity contribution >= 4 is 17.3 Å². The molecule has 146 valence electrons. The van der Waals surface area contributed by atoms with Gasteiger partial charge in [-0.25, -0.2) is 0 Å². The highest BCUT2D eigenvalue weighted by molar-refractivity contribution is 7.10. The predicted molar refractivity (Wildman–Crippen MR) is 107 cm³/mol. The number of nitrogens with zero attached hydrogens (tertiary/aromatic N) is 1. The van der Waals surface area contributed by atoms with Crippen LogP contribution in [0.2, 0.25) is 0 Å². The first-order valence-electron chi connectivity index (χ1n) is 9.45. The molecule has 0 spiro atoms. The molecule has 5 nitrogen and oxygen atoms in total.